The zero-order valence-electron chi connectivity index (χ0n) is 14.0. The van der Waals surface area contributed by atoms with Crippen molar-refractivity contribution >= 4 is 5.91 Å². The Hall–Kier alpha value is -1.40. The van der Waals surface area contributed by atoms with E-state index in [1.165, 1.54) is 0 Å². The Bertz CT molecular complexity index is 523. The average molecular weight is 321 g/mol. The van der Waals surface area contributed by atoms with Crippen molar-refractivity contribution in [3.8, 4) is 0 Å². The molecule has 2 aliphatic rings. The van der Waals surface area contributed by atoms with Gasteiger partial charge in [-0.15, -0.1) is 0 Å². The van der Waals surface area contributed by atoms with Gasteiger partial charge in [0.1, 0.15) is 11.9 Å². The van der Waals surface area contributed by atoms with Gasteiger partial charge in [-0.05, 0) is 25.2 Å². The Morgan fingerprint density at radius 2 is 2.39 bits per heavy atom. The van der Waals surface area contributed by atoms with Crippen LogP contribution in [0.15, 0.2) is 12.4 Å². The average Bonchev–Trinajstić information content (AvgIpc) is 3.17. The molecule has 1 amide bonds. The maximum absolute atomic E-state index is 12.6. The van der Waals surface area contributed by atoms with E-state index in [2.05, 4.69) is 14.9 Å². The second-order valence-corrected chi connectivity index (χ2v) is 6.87. The largest absolute Gasteiger partial charge is 0.376 e. The van der Waals surface area contributed by atoms with Crippen LogP contribution in [0.1, 0.15) is 38.9 Å². The van der Waals surface area contributed by atoms with E-state index in [0.29, 0.717) is 6.61 Å². The summed E-state index contributed by atoms with van der Waals surface area (Å²) in [4.78, 5) is 16.9. The minimum Gasteiger partial charge on any atom is -0.376 e. The van der Waals surface area contributed by atoms with E-state index in [9.17, 15) is 4.79 Å². The molecule has 128 valence electrons. The van der Waals surface area contributed by atoms with Gasteiger partial charge in [0.15, 0.2) is 0 Å². The highest BCUT2D eigenvalue weighted by Crippen LogP contribution is 2.17. The highest BCUT2D eigenvalue weighted by atomic mass is 16.5. The fourth-order valence-corrected chi connectivity index (χ4v) is 3.33. The number of amides is 1. The maximum Gasteiger partial charge on any atom is 0.249 e. The predicted molar refractivity (Wildman–Crippen MR) is 86.0 cm³/mol. The van der Waals surface area contributed by atoms with Crippen LogP contribution >= 0.6 is 0 Å². The molecule has 0 aromatic carbocycles. The zero-order valence-corrected chi connectivity index (χ0v) is 14.0. The summed E-state index contributed by atoms with van der Waals surface area (Å²) < 4.78 is 13.6. The predicted octanol–water partition coefficient (Wildman–Crippen LogP) is 1.53. The number of rotatable bonds is 6. The summed E-state index contributed by atoms with van der Waals surface area (Å²) in [6.07, 6.45) is 7.47. The molecule has 3 heterocycles. The van der Waals surface area contributed by atoms with Crippen LogP contribution in [0.4, 0.5) is 0 Å². The van der Waals surface area contributed by atoms with Crippen LogP contribution in [0, 0.1) is 5.92 Å². The second kappa shape index (κ2) is 7.45. The first-order valence-corrected chi connectivity index (χ1v) is 8.67. The topological polar surface area (TPSA) is 65.4 Å². The molecule has 1 aromatic heterocycles. The third-order valence-electron chi connectivity index (χ3n) is 4.63. The normalized spacial score (nSPS) is 25.3. The van der Waals surface area contributed by atoms with E-state index in [4.69, 9.17) is 9.47 Å². The molecule has 1 N–H and O–H groups in total. The molecule has 1 saturated heterocycles. The fraction of sp³-hybridized carbons (Fsp3) is 0.765. The van der Waals surface area contributed by atoms with Crippen molar-refractivity contribution in [3.05, 3.63) is 18.2 Å². The van der Waals surface area contributed by atoms with E-state index in [1.54, 1.807) is 0 Å². The lowest BCUT2D eigenvalue weighted by Crippen LogP contribution is -2.48. The molecule has 6 heteroatoms. The molecule has 0 unspecified atom stereocenters. The van der Waals surface area contributed by atoms with E-state index in [0.717, 1.165) is 44.7 Å². The van der Waals surface area contributed by atoms with Gasteiger partial charge in [0.25, 0.3) is 0 Å². The number of carbonyl (C=O) groups excluding carboxylic acids is 1. The summed E-state index contributed by atoms with van der Waals surface area (Å²) in [5.74, 6) is 1.24. The van der Waals surface area contributed by atoms with Crippen molar-refractivity contribution in [1.29, 1.82) is 0 Å². The van der Waals surface area contributed by atoms with Crippen LogP contribution in [0.2, 0.25) is 0 Å². The van der Waals surface area contributed by atoms with E-state index >= 15 is 0 Å². The third-order valence-corrected chi connectivity index (χ3v) is 4.63. The summed E-state index contributed by atoms with van der Waals surface area (Å²) in [7, 11) is 0. The number of carbonyl (C=O) groups is 1. The molecule has 0 radical (unpaired) electrons. The Morgan fingerprint density at radius 3 is 3.13 bits per heavy atom. The molecule has 1 aromatic rings. The first kappa shape index (κ1) is 16.5. The van der Waals surface area contributed by atoms with Gasteiger partial charge in [-0.2, -0.15) is 0 Å². The molecule has 1 fully saturated rings. The van der Waals surface area contributed by atoms with Crippen LogP contribution in [0.3, 0.4) is 0 Å². The summed E-state index contributed by atoms with van der Waals surface area (Å²) in [5.41, 5.74) is 0. The lowest BCUT2D eigenvalue weighted by Gasteiger charge is -2.28. The Morgan fingerprint density at radius 1 is 1.52 bits per heavy atom. The number of aryl methyl sites for hydroxylation is 1. The molecule has 6 nitrogen and oxygen atoms in total. The fourth-order valence-electron chi connectivity index (χ4n) is 3.33. The van der Waals surface area contributed by atoms with Crippen molar-refractivity contribution in [2.24, 2.45) is 5.92 Å². The second-order valence-electron chi connectivity index (χ2n) is 6.87. The van der Waals surface area contributed by atoms with Crippen LogP contribution in [-0.4, -0.2) is 46.9 Å². The highest BCUT2D eigenvalue weighted by molar-refractivity contribution is 5.81. The van der Waals surface area contributed by atoms with Crippen LogP contribution < -0.4 is 5.32 Å². The Balaban J connectivity index is 1.52. The van der Waals surface area contributed by atoms with Gasteiger partial charge in [-0.1, -0.05) is 13.8 Å². The first-order chi connectivity index (χ1) is 11.1. The molecule has 3 rings (SSSR count). The standard InChI is InChI=1S/C17H27N3O3/c1-12(2)16(23-11-14-4-3-9-22-14)17(21)19-13-5-6-15-18-7-8-20(15)10-13/h7-8,12-14,16H,3-6,9-11H2,1-2H3,(H,19,21)/t13-,14-,16-/m0/s1. The quantitative estimate of drug-likeness (QED) is 0.863. The zero-order chi connectivity index (χ0) is 16.2. The number of hydrogen-bond acceptors (Lipinski definition) is 4. The number of nitrogens with zero attached hydrogens (tertiary/aromatic N) is 2. The lowest BCUT2D eigenvalue weighted by atomic mass is 10.0. The van der Waals surface area contributed by atoms with Crippen molar-refractivity contribution in [2.75, 3.05) is 13.2 Å². The van der Waals surface area contributed by atoms with Crippen LogP contribution in [-0.2, 0) is 27.2 Å². The number of nitrogens with one attached hydrogen (secondary N) is 1. The molecule has 0 bridgehead atoms. The van der Waals surface area contributed by atoms with Crippen molar-refractivity contribution < 1.29 is 14.3 Å². The smallest absolute Gasteiger partial charge is 0.249 e. The third kappa shape index (κ3) is 4.12. The summed E-state index contributed by atoms with van der Waals surface area (Å²) in [6.45, 7) is 6.15. The van der Waals surface area contributed by atoms with Crippen molar-refractivity contribution in [3.63, 3.8) is 0 Å². The van der Waals surface area contributed by atoms with E-state index in [-0.39, 0.29) is 24.0 Å². The van der Waals surface area contributed by atoms with E-state index < -0.39 is 6.10 Å². The van der Waals surface area contributed by atoms with Crippen molar-refractivity contribution in [2.45, 2.75) is 64.3 Å². The number of imidazole rings is 1. The van der Waals surface area contributed by atoms with Gasteiger partial charge >= 0.3 is 0 Å². The number of aromatic nitrogens is 2. The van der Waals surface area contributed by atoms with Crippen molar-refractivity contribution in [1.82, 2.24) is 14.9 Å². The summed E-state index contributed by atoms with van der Waals surface area (Å²) in [5, 5.41) is 3.15. The van der Waals surface area contributed by atoms with Crippen LogP contribution in [0.25, 0.3) is 0 Å². The highest BCUT2D eigenvalue weighted by Gasteiger charge is 2.28. The van der Waals surface area contributed by atoms with Crippen LogP contribution in [0.5, 0.6) is 0 Å². The van der Waals surface area contributed by atoms with Gasteiger partial charge in [-0.3, -0.25) is 4.79 Å². The van der Waals surface area contributed by atoms with Gasteiger partial charge < -0.3 is 19.4 Å². The van der Waals surface area contributed by atoms with Gasteiger partial charge in [0.05, 0.1) is 12.7 Å². The molecule has 2 aliphatic heterocycles. The number of hydrogen-bond donors (Lipinski definition) is 1. The molecular weight excluding hydrogens is 294 g/mol. The monoisotopic (exact) mass is 321 g/mol. The van der Waals surface area contributed by atoms with Gasteiger partial charge in [0.2, 0.25) is 5.91 Å². The summed E-state index contributed by atoms with van der Waals surface area (Å²) >= 11 is 0. The van der Waals surface area contributed by atoms with E-state index in [1.807, 2.05) is 26.2 Å². The minimum atomic E-state index is -0.414. The molecule has 23 heavy (non-hydrogen) atoms. The van der Waals surface area contributed by atoms with Gasteiger partial charge in [-0.25, -0.2) is 4.98 Å². The SMILES string of the molecule is CC(C)[C@H](OC[C@@H]1CCCO1)C(=O)N[C@H]1CCc2nccn2C1. The molecular formula is C17H27N3O3. The number of ether oxygens (including phenoxy) is 2. The Labute approximate surface area is 137 Å². The molecule has 3 atom stereocenters. The Kier molecular flexibility index (Phi) is 5.33. The first-order valence-electron chi connectivity index (χ1n) is 8.67. The molecule has 0 saturated carbocycles. The molecule has 0 aliphatic carbocycles. The molecule has 0 spiro atoms. The maximum atomic E-state index is 12.6. The minimum absolute atomic E-state index is 0.00781. The lowest BCUT2D eigenvalue weighted by molar-refractivity contribution is -0.139. The summed E-state index contributed by atoms with van der Waals surface area (Å²) in [6, 6.07) is 0.150. The van der Waals surface area contributed by atoms with Gasteiger partial charge in [0, 0.05) is 38.0 Å². The number of fused-ring (bicyclic) bond motifs is 1.